The van der Waals surface area contributed by atoms with Gasteiger partial charge in [-0.1, -0.05) is 11.6 Å². The normalized spacial score (nSPS) is 27.6. The second kappa shape index (κ2) is 5.53. The van der Waals surface area contributed by atoms with Crippen LogP contribution in [0, 0.1) is 11.7 Å². The summed E-state index contributed by atoms with van der Waals surface area (Å²) in [5.41, 5.74) is -0.807. The largest absolute Gasteiger partial charge is 0.391 e. The predicted molar refractivity (Wildman–Crippen MR) is 68.1 cm³/mol. The Labute approximate surface area is 119 Å². The predicted octanol–water partition coefficient (Wildman–Crippen LogP) is 4.51. The van der Waals surface area contributed by atoms with Gasteiger partial charge in [-0.05, 0) is 49.4 Å². The molecule has 1 aromatic carbocycles. The van der Waals surface area contributed by atoms with Crippen LogP contribution in [0.3, 0.4) is 0 Å². The first-order valence-electron chi connectivity index (χ1n) is 6.43. The van der Waals surface area contributed by atoms with Gasteiger partial charge in [0.1, 0.15) is 5.82 Å². The minimum absolute atomic E-state index is 0.0457. The highest BCUT2D eigenvalue weighted by Gasteiger charge is 2.45. The molecular formula is C14H15ClF4O. The second-order valence-corrected chi connectivity index (χ2v) is 5.86. The van der Waals surface area contributed by atoms with Crippen LogP contribution >= 0.6 is 11.6 Å². The first kappa shape index (κ1) is 15.6. The molecule has 0 amide bonds. The van der Waals surface area contributed by atoms with E-state index in [2.05, 4.69) is 0 Å². The fraction of sp³-hybridized carbons (Fsp3) is 0.571. The van der Waals surface area contributed by atoms with E-state index in [1.165, 1.54) is 18.2 Å². The average molecular weight is 311 g/mol. The first-order chi connectivity index (χ1) is 9.20. The Balaban J connectivity index is 2.05. The van der Waals surface area contributed by atoms with E-state index in [4.69, 9.17) is 11.6 Å². The van der Waals surface area contributed by atoms with Crippen molar-refractivity contribution in [3.05, 3.63) is 34.6 Å². The van der Waals surface area contributed by atoms with Gasteiger partial charge in [-0.3, -0.25) is 0 Å². The molecule has 1 N–H and O–H groups in total. The zero-order chi connectivity index (χ0) is 15.0. The average Bonchev–Trinajstić information content (AvgIpc) is 2.33. The van der Waals surface area contributed by atoms with Gasteiger partial charge in [0.05, 0.1) is 11.5 Å². The van der Waals surface area contributed by atoms with Crippen LogP contribution in [0.1, 0.15) is 31.2 Å². The van der Waals surface area contributed by atoms with Crippen molar-refractivity contribution >= 4 is 11.6 Å². The van der Waals surface area contributed by atoms with E-state index in [-0.39, 0.29) is 32.1 Å². The van der Waals surface area contributed by atoms with Crippen molar-refractivity contribution < 1.29 is 22.7 Å². The standard InChI is InChI=1S/C14H15ClF4O/c15-12-2-1-11(16)7-9(12)8-13(20)5-3-10(4-6-13)14(17,18)19/h1-2,7,10,20H,3-6,8H2. The molecule has 112 valence electrons. The van der Waals surface area contributed by atoms with Crippen LogP contribution in [0.4, 0.5) is 17.6 Å². The molecule has 1 aliphatic carbocycles. The summed E-state index contributed by atoms with van der Waals surface area (Å²) in [5, 5.41) is 10.7. The molecule has 0 heterocycles. The molecule has 0 radical (unpaired) electrons. The highest BCUT2D eigenvalue weighted by Crippen LogP contribution is 2.42. The molecule has 0 saturated heterocycles. The molecule has 1 nitrogen and oxygen atoms in total. The van der Waals surface area contributed by atoms with Crippen LogP contribution in [0.5, 0.6) is 0 Å². The summed E-state index contributed by atoms with van der Waals surface area (Å²) in [5.74, 6) is -1.83. The number of halogens is 5. The van der Waals surface area contributed by atoms with Crippen LogP contribution in [-0.4, -0.2) is 16.9 Å². The molecule has 1 aromatic rings. The number of hydrogen-bond acceptors (Lipinski definition) is 1. The van der Waals surface area contributed by atoms with Gasteiger partial charge in [-0.25, -0.2) is 4.39 Å². The van der Waals surface area contributed by atoms with Crippen LogP contribution in [0.2, 0.25) is 5.02 Å². The lowest BCUT2D eigenvalue weighted by atomic mass is 9.75. The molecule has 20 heavy (non-hydrogen) atoms. The third kappa shape index (κ3) is 3.64. The summed E-state index contributed by atoms with van der Waals surface area (Å²) < 4.78 is 50.9. The van der Waals surface area contributed by atoms with E-state index in [9.17, 15) is 22.7 Å². The molecule has 0 unspecified atom stereocenters. The van der Waals surface area contributed by atoms with Gasteiger partial charge < -0.3 is 5.11 Å². The summed E-state index contributed by atoms with van der Waals surface area (Å²) in [6.45, 7) is 0. The van der Waals surface area contributed by atoms with Crippen LogP contribution in [0.15, 0.2) is 18.2 Å². The molecule has 1 aliphatic rings. The van der Waals surface area contributed by atoms with Gasteiger partial charge in [0.2, 0.25) is 0 Å². The molecule has 0 bridgehead atoms. The summed E-state index contributed by atoms with van der Waals surface area (Å²) in [6, 6.07) is 3.81. The molecule has 0 spiro atoms. The quantitative estimate of drug-likeness (QED) is 0.797. The van der Waals surface area contributed by atoms with Gasteiger partial charge >= 0.3 is 6.18 Å². The van der Waals surface area contributed by atoms with Gasteiger partial charge in [-0.15, -0.1) is 0 Å². The number of benzene rings is 1. The van der Waals surface area contributed by atoms with E-state index in [0.29, 0.717) is 10.6 Å². The number of alkyl halides is 3. The molecule has 1 fully saturated rings. The van der Waals surface area contributed by atoms with E-state index < -0.39 is 23.5 Å². The zero-order valence-corrected chi connectivity index (χ0v) is 11.4. The highest BCUT2D eigenvalue weighted by atomic mass is 35.5. The van der Waals surface area contributed by atoms with Crippen molar-refractivity contribution in [3.63, 3.8) is 0 Å². The van der Waals surface area contributed by atoms with Crippen molar-refractivity contribution in [2.75, 3.05) is 0 Å². The van der Waals surface area contributed by atoms with Gasteiger partial charge in [-0.2, -0.15) is 13.2 Å². The topological polar surface area (TPSA) is 20.2 Å². The maximum atomic E-state index is 13.2. The van der Waals surface area contributed by atoms with Crippen LogP contribution < -0.4 is 0 Å². The lowest BCUT2D eigenvalue weighted by Crippen LogP contribution is -2.39. The van der Waals surface area contributed by atoms with E-state index >= 15 is 0 Å². The third-order valence-electron chi connectivity index (χ3n) is 3.91. The third-order valence-corrected chi connectivity index (χ3v) is 4.28. The van der Waals surface area contributed by atoms with Gasteiger partial charge in [0.25, 0.3) is 0 Å². The molecule has 2 rings (SSSR count). The second-order valence-electron chi connectivity index (χ2n) is 5.45. The van der Waals surface area contributed by atoms with E-state index in [0.717, 1.165) is 0 Å². The Morgan fingerprint density at radius 1 is 1.25 bits per heavy atom. The zero-order valence-electron chi connectivity index (χ0n) is 10.7. The monoisotopic (exact) mass is 310 g/mol. The summed E-state index contributed by atoms with van der Waals surface area (Å²) in [4.78, 5) is 0. The van der Waals surface area contributed by atoms with Crippen LogP contribution in [0.25, 0.3) is 0 Å². The Kier molecular flexibility index (Phi) is 4.30. The molecule has 0 aromatic heterocycles. The lowest BCUT2D eigenvalue weighted by molar-refractivity contribution is -0.192. The van der Waals surface area contributed by atoms with Gasteiger partial charge in [0, 0.05) is 11.4 Å². The summed E-state index contributed by atoms with van der Waals surface area (Å²) in [6.07, 6.45) is -4.25. The van der Waals surface area contributed by atoms with Crippen molar-refractivity contribution in [2.45, 2.75) is 43.9 Å². The number of rotatable bonds is 2. The van der Waals surface area contributed by atoms with E-state index in [1.807, 2.05) is 0 Å². The Bertz CT molecular complexity index is 479. The molecule has 0 aliphatic heterocycles. The Morgan fingerprint density at radius 3 is 2.40 bits per heavy atom. The van der Waals surface area contributed by atoms with Crippen molar-refractivity contribution in [1.29, 1.82) is 0 Å². The molecular weight excluding hydrogens is 296 g/mol. The van der Waals surface area contributed by atoms with Crippen molar-refractivity contribution in [2.24, 2.45) is 5.92 Å². The Hall–Kier alpha value is -0.810. The SMILES string of the molecule is OC1(Cc2cc(F)ccc2Cl)CCC(C(F)(F)F)CC1. The van der Waals surface area contributed by atoms with E-state index in [1.54, 1.807) is 0 Å². The maximum absolute atomic E-state index is 13.2. The maximum Gasteiger partial charge on any atom is 0.391 e. The lowest BCUT2D eigenvalue weighted by Gasteiger charge is -2.37. The fourth-order valence-electron chi connectivity index (χ4n) is 2.69. The minimum Gasteiger partial charge on any atom is -0.390 e. The van der Waals surface area contributed by atoms with Crippen molar-refractivity contribution in [1.82, 2.24) is 0 Å². The van der Waals surface area contributed by atoms with Gasteiger partial charge in [0.15, 0.2) is 0 Å². The van der Waals surface area contributed by atoms with Crippen LogP contribution in [-0.2, 0) is 6.42 Å². The fourth-order valence-corrected chi connectivity index (χ4v) is 2.88. The minimum atomic E-state index is -4.21. The molecule has 0 atom stereocenters. The number of aliphatic hydroxyl groups is 1. The molecule has 1 saturated carbocycles. The summed E-state index contributed by atoms with van der Waals surface area (Å²) >= 11 is 5.92. The van der Waals surface area contributed by atoms with Crippen molar-refractivity contribution in [3.8, 4) is 0 Å². The first-order valence-corrected chi connectivity index (χ1v) is 6.80. The smallest absolute Gasteiger partial charge is 0.390 e. The highest BCUT2D eigenvalue weighted by molar-refractivity contribution is 6.31. The molecule has 6 heteroatoms. The Morgan fingerprint density at radius 2 is 1.85 bits per heavy atom. The summed E-state index contributed by atoms with van der Waals surface area (Å²) in [7, 11) is 0. The number of hydrogen-bond donors (Lipinski definition) is 1.